The smallest absolute Gasteiger partial charge is 0.327 e. The van der Waals surface area contributed by atoms with Crippen LogP contribution in [0.3, 0.4) is 0 Å². The molecule has 2 amide bonds. The summed E-state index contributed by atoms with van der Waals surface area (Å²) in [5.41, 5.74) is 0.555. The number of nitrogens with zero attached hydrogens (tertiary/aromatic N) is 2. The van der Waals surface area contributed by atoms with E-state index in [-0.39, 0.29) is 11.8 Å². The normalized spacial score (nSPS) is 18.1. The molecule has 0 spiro atoms. The van der Waals surface area contributed by atoms with E-state index in [0.717, 1.165) is 0 Å². The average Bonchev–Trinajstić information content (AvgIpc) is 2.91. The number of amides is 2. The van der Waals surface area contributed by atoms with Crippen molar-refractivity contribution >= 4 is 29.4 Å². The molecule has 1 aliphatic heterocycles. The Kier molecular flexibility index (Phi) is 4.49. The predicted molar refractivity (Wildman–Crippen MR) is 75.4 cm³/mol. The quantitative estimate of drug-likeness (QED) is 0.929. The number of thioether (sulfide) groups is 1. The molecule has 0 bridgehead atoms. The molecule has 1 aromatic rings. The van der Waals surface area contributed by atoms with Gasteiger partial charge in [-0.2, -0.15) is 0 Å². The number of urea groups is 1. The summed E-state index contributed by atoms with van der Waals surface area (Å²) < 4.78 is 12.9. The monoisotopic (exact) mass is 298 g/mol. The molecule has 1 aromatic carbocycles. The number of carboxylic acid groups (broad SMARTS) is 1. The van der Waals surface area contributed by atoms with Crippen molar-refractivity contribution in [3.8, 4) is 0 Å². The zero-order valence-corrected chi connectivity index (χ0v) is 11.8. The van der Waals surface area contributed by atoms with Crippen molar-refractivity contribution in [2.24, 2.45) is 0 Å². The number of hydrogen-bond acceptors (Lipinski definition) is 3. The van der Waals surface area contributed by atoms with E-state index in [2.05, 4.69) is 0 Å². The second kappa shape index (κ2) is 6.13. The van der Waals surface area contributed by atoms with Gasteiger partial charge in [-0.05, 0) is 31.2 Å². The number of carboxylic acids is 1. The summed E-state index contributed by atoms with van der Waals surface area (Å²) in [4.78, 5) is 26.4. The first-order valence-electron chi connectivity index (χ1n) is 6.19. The molecule has 0 unspecified atom stereocenters. The molecule has 7 heteroatoms. The number of aliphatic carboxylic acids is 1. The lowest BCUT2D eigenvalue weighted by atomic mass is 10.2. The molecule has 0 radical (unpaired) electrons. The minimum Gasteiger partial charge on any atom is -0.480 e. The number of halogens is 1. The number of carbonyl (C=O) groups excluding carboxylic acids is 1. The highest BCUT2D eigenvalue weighted by atomic mass is 32.2. The van der Waals surface area contributed by atoms with Gasteiger partial charge in [-0.25, -0.2) is 14.0 Å². The molecule has 1 fully saturated rings. The third-order valence-electron chi connectivity index (χ3n) is 3.10. The summed E-state index contributed by atoms with van der Waals surface area (Å²) >= 11 is 1.41. The Bertz CT molecular complexity index is 509. The van der Waals surface area contributed by atoms with E-state index in [1.165, 1.54) is 45.8 Å². The van der Waals surface area contributed by atoms with Crippen LogP contribution < -0.4 is 4.90 Å². The molecule has 1 saturated heterocycles. The largest absolute Gasteiger partial charge is 0.480 e. The molecular weight excluding hydrogens is 283 g/mol. The topological polar surface area (TPSA) is 60.9 Å². The number of rotatable bonds is 3. The van der Waals surface area contributed by atoms with Gasteiger partial charge in [0.2, 0.25) is 0 Å². The molecule has 1 aliphatic rings. The van der Waals surface area contributed by atoms with E-state index in [1.54, 1.807) is 6.92 Å². The van der Waals surface area contributed by atoms with E-state index < -0.39 is 12.0 Å². The summed E-state index contributed by atoms with van der Waals surface area (Å²) in [6, 6.07) is 4.40. The van der Waals surface area contributed by atoms with Gasteiger partial charge in [0.1, 0.15) is 11.9 Å². The highest BCUT2D eigenvalue weighted by Crippen LogP contribution is 2.25. The lowest BCUT2D eigenvalue weighted by Gasteiger charge is -2.29. The molecular formula is C13H15FN2O3S. The second-order valence-electron chi connectivity index (χ2n) is 4.33. The zero-order chi connectivity index (χ0) is 14.7. The maximum Gasteiger partial charge on any atom is 0.327 e. The SMILES string of the molecule is CCN(C(=O)N1CSC[C@H]1C(=O)O)c1ccc(F)cc1. The maximum absolute atomic E-state index is 12.9. The van der Waals surface area contributed by atoms with Crippen molar-refractivity contribution in [2.45, 2.75) is 13.0 Å². The van der Waals surface area contributed by atoms with Crippen LogP contribution in [0.1, 0.15) is 6.92 Å². The maximum atomic E-state index is 12.9. The lowest BCUT2D eigenvalue weighted by Crippen LogP contribution is -2.48. The Hall–Kier alpha value is -1.76. The van der Waals surface area contributed by atoms with Crippen LogP contribution in [0.2, 0.25) is 0 Å². The minimum atomic E-state index is -1.00. The van der Waals surface area contributed by atoms with Crippen molar-refractivity contribution in [3.05, 3.63) is 30.1 Å². The van der Waals surface area contributed by atoms with E-state index in [4.69, 9.17) is 5.11 Å². The molecule has 0 aromatic heterocycles. The Morgan fingerprint density at radius 3 is 2.65 bits per heavy atom. The molecule has 108 valence electrons. The summed E-state index contributed by atoms with van der Waals surface area (Å²) in [6.45, 7) is 2.18. The standard InChI is InChI=1S/C13H15FN2O3S/c1-2-15(10-5-3-9(14)4-6-10)13(19)16-8-20-7-11(16)12(17)18/h3-6,11H,2,7-8H2,1H3,(H,17,18)/t11-/m0/s1. The van der Waals surface area contributed by atoms with Gasteiger partial charge < -0.3 is 10.0 Å². The fraction of sp³-hybridized carbons (Fsp3) is 0.385. The zero-order valence-electron chi connectivity index (χ0n) is 11.0. The second-order valence-corrected chi connectivity index (χ2v) is 5.33. The first kappa shape index (κ1) is 14.6. The number of hydrogen-bond donors (Lipinski definition) is 1. The third-order valence-corrected chi connectivity index (χ3v) is 4.11. The Labute approximate surface area is 120 Å². The van der Waals surface area contributed by atoms with Crippen LogP contribution in [-0.2, 0) is 4.79 Å². The highest BCUT2D eigenvalue weighted by molar-refractivity contribution is 7.99. The van der Waals surface area contributed by atoms with E-state index in [9.17, 15) is 14.0 Å². The van der Waals surface area contributed by atoms with Crippen molar-refractivity contribution in [2.75, 3.05) is 23.1 Å². The fourth-order valence-electron chi connectivity index (χ4n) is 2.04. The van der Waals surface area contributed by atoms with Gasteiger partial charge in [0.05, 0.1) is 5.88 Å². The van der Waals surface area contributed by atoms with Crippen LogP contribution in [0.4, 0.5) is 14.9 Å². The first-order chi connectivity index (χ1) is 9.54. The van der Waals surface area contributed by atoms with Gasteiger partial charge in [0, 0.05) is 18.0 Å². The van der Waals surface area contributed by atoms with Crippen LogP contribution in [0, 0.1) is 5.82 Å². The van der Waals surface area contributed by atoms with Crippen molar-refractivity contribution < 1.29 is 19.1 Å². The molecule has 2 rings (SSSR count). The Morgan fingerprint density at radius 2 is 2.10 bits per heavy atom. The van der Waals surface area contributed by atoms with Gasteiger partial charge >= 0.3 is 12.0 Å². The summed E-state index contributed by atoms with van der Waals surface area (Å²) in [5, 5.41) is 9.12. The van der Waals surface area contributed by atoms with Crippen LogP contribution in [0.5, 0.6) is 0 Å². The molecule has 0 saturated carbocycles. The van der Waals surface area contributed by atoms with Crippen molar-refractivity contribution in [3.63, 3.8) is 0 Å². The van der Waals surface area contributed by atoms with Crippen molar-refractivity contribution in [1.82, 2.24) is 4.90 Å². The third kappa shape index (κ3) is 2.87. The average molecular weight is 298 g/mol. The molecule has 5 nitrogen and oxygen atoms in total. The number of anilines is 1. The number of carbonyl (C=O) groups is 2. The van der Waals surface area contributed by atoms with Crippen LogP contribution >= 0.6 is 11.8 Å². The molecule has 1 atom stereocenters. The Morgan fingerprint density at radius 1 is 1.45 bits per heavy atom. The summed E-state index contributed by atoms with van der Waals surface area (Å²) in [5.74, 6) is -0.633. The molecule has 1 N–H and O–H groups in total. The van der Waals surface area contributed by atoms with Gasteiger partial charge in [-0.3, -0.25) is 4.90 Å². The van der Waals surface area contributed by atoms with Gasteiger partial charge in [-0.15, -0.1) is 11.8 Å². The van der Waals surface area contributed by atoms with Crippen LogP contribution in [-0.4, -0.2) is 46.2 Å². The fourth-order valence-corrected chi connectivity index (χ4v) is 3.18. The lowest BCUT2D eigenvalue weighted by molar-refractivity contribution is -0.140. The summed E-state index contributed by atoms with van der Waals surface area (Å²) in [6.07, 6.45) is 0. The molecule has 20 heavy (non-hydrogen) atoms. The number of benzene rings is 1. The van der Waals surface area contributed by atoms with Gasteiger partial charge in [0.25, 0.3) is 0 Å². The van der Waals surface area contributed by atoms with Gasteiger partial charge in [-0.1, -0.05) is 0 Å². The van der Waals surface area contributed by atoms with E-state index in [1.807, 2.05) is 0 Å². The van der Waals surface area contributed by atoms with Crippen LogP contribution in [0.15, 0.2) is 24.3 Å². The van der Waals surface area contributed by atoms with E-state index in [0.29, 0.717) is 23.9 Å². The summed E-state index contributed by atoms with van der Waals surface area (Å²) in [7, 11) is 0. The molecule has 1 heterocycles. The van der Waals surface area contributed by atoms with Gasteiger partial charge in [0.15, 0.2) is 0 Å². The predicted octanol–water partition coefficient (Wildman–Crippen LogP) is 2.23. The Balaban J connectivity index is 2.21. The minimum absolute atomic E-state index is 0.355. The highest BCUT2D eigenvalue weighted by Gasteiger charge is 2.36. The van der Waals surface area contributed by atoms with Crippen molar-refractivity contribution in [1.29, 1.82) is 0 Å². The van der Waals surface area contributed by atoms with E-state index >= 15 is 0 Å². The van der Waals surface area contributed by atoms with Crippen LogP contribution in [0.25, 0.3) is 0 Å². The first-order valence-corrected chi connectivity index (χ1v) is 7.34. The molecule has 0 aliphatic carbocycles.